The van der Waals surface area contributed by atoms with Crippen molar-refractivity contribution in [1.29, 1.82) is 5.26 Å². The van der Waals surface area contributed by atoms with Crippen molar-refractivity contribution in [3.63, 3.8) is 0 Å². The number of nitrogens with one attached hydrogen (secondary N) is 1. The molecule has 2 atom stereocenters. The Morgan fingerprint density at radius 3 is 2.40 bits per heavy atom. The molecule has 8 heteroatoms. The van der Waals surface area contributed by atoms with Gasteiger partial charge in [-0.05, 0) is 58.6 Å². The van der Waals surface area contributed by atoms with Crippen molar-refractivity contribution in [1.82, 2.24) is 15.2 Å². The highest BCUT2D eigenvalue weighted by Crippen LogP contribution is 2.36. The van der Waals surface area contributed by atoms with Gasteiger partial charge in [-0.3, -0.25) is 4.79 Å². The molecule has 3 fully saturated rings. The summed E-state index contributed by atoms with van der Waals surface area (Å²) in [5, 5.41) is 11.8. The second kappa shape index (κ2) is 7.78. The molecule has 1 saturated carbocycles. The highest BCUT2D eigenvalue weighted by molar-refractivity contribution is 5.81. The molecule has 2 amide bonds. The number of nitriles is 1. The number of fused-ring (bicyclic) bond motifs is 2. The van der Waals surface area contributed by atoms with Crippen molar-refractivity contribution in [3.05, 3.63) is 23.9 Å². The molecule has 2 saturated heterocycles. The van der Waals surface area contributed by atoms with Crippen LogP contribution >= 0.6 is 0 Å². The summed E-state index contributed by atoms with van der Waals surface area (Å²) in [6.45, 7) is 6.92. The van der Waals surface area contributed by atoms with Gasteiger partial charge in [0.25, 0.3) is 0 Å². The highest BCUT2D eigenvalue weighted by Gasteiger charge is 2.45. The van der Waals surface area contributed by atoms with Crippen LogP contribution in [0.1, 0.15) is 52.0 Å². The highest BCUT2D eigenvalue weighted by atomic mass is 16.6. The Kier molecular flexibility index (Phi) is 5.31. The number of pyridine rings is 1. The Morgan fingerprint density at radius 1 is 1.20 bits per heavy atom. The van der Waals surface area contributed by atoms with Gasteiger partial charge in [-0.15, -0.1) is 0 Å². The minimum Gasteiger partial charge on any atom is -0.444 e. The summed E-state index contributed by atoms with van der Waals surface area (Å²) >= 11 is 0. The van der Waals surface area contributed by atoms with E-state index >= 15 is 0 Å². The third-order valence-corrected chi connectivity index (χ3v) is 6.14. The molecule has 8 nitrogen and oxygen atoms in total. The van der Waals surface area contributed by atoms with Gasteiger partial charge < -0.3 is 19.9 Å². The SMILES string of the molecule is CC(C)(C)OC(=O)NC1CC(C(=O)N2CC3CCC(C2)N3c2ccc(C#N)cn2)C1. The van der Waals surface area contributed by atoms with Crippen molar-refractivity contribution in [2.75, 3.05) is 18.0 Å². The number of likely N-dealkylation sites (tertiary alicyclic amines) is 1. The summed E-state index contributed by atoms with van der Waals surface area (Å²) in [5.74, 6) is 1.06. The number of nitrogens with zero attached hydrogens (tertiary/aromatic N) is 4. The molecule has 0 aromatic carbocycles. The molecule has 3 heterocycles. The first-order chi connectivity index (χ1) is 14.2. The Morgan fingerprint density at radius 2 is 1.87 bits per heavy atom. The molecule has 2 unspecified atom stereocenters. The number of anilines is 1. The van der Waals surface area contributed by atoms with E-state index < -0.39 is 11.7 Å². The predicted molar refractivity (Wildman–Crippen MR) is 111 cm³/mol. The number of hydrogen-bond acceptors (Lipinski definition) is 6. The lowest BCUT2D eigenvalue weighted by Crippen LogP contribution is -2.59. The van der Waals surface area contributed by atoms with Gasteiger partial charge in [0, 0.05) is 43.3 Å². The molecule has 1 aromatic heterocycles. The molecule has 1 aromatic rings. The van der Waals surface area contributed by atoms with E-state index in [1.165, 1.54) is 0 Å². The zero-order valence-electron chi connectivity index (χ0n) is 17.8. The van der Waals surface area contributed by atoms with Crippen LogP contribution in [0.3, 0.4) is 0 Å². The standard InChI is InChI=1S/C22H29N5O3/c1-22(2,3)30-21(29)25-16-8-15(9-16)20(28)26-12-17-5-6-18(13-26)27(17)19-7-4-14(10-23)11-24-19/h4,7,11,15-18H,5-6,8-9,12-13H2,1-3H3,(H,25,29). The third kappa shape index (κ3) is 4.20. The fraction of sp³-hybridized carbons (Fsp3) is 0.636. The number of amides is 2. The largest absolute Gasteiger partial charge is 0.444 e. The quantitative estimate of drug-likeness (QED) is 0.820. The van der Waals surface area contributed by atoms with E-state index in [4.69, 9.17) is 10.00 Å². The van der Waals surface area contributed by atoms with E-state index in [1.807, 2.05) is 31.7 Å². The van der Waals surface area contributed by atoms with Crippen molar-refractivity contribution < 1.29 is 14.3 Å². The maximum atomic E-state index is 13.0. The second-order valence-electron chi connectivity index (χ2n) is 9.56. The molecule has 0 spiro atoms. The average molecular weight is 412 g/mol. The van der Waals surface area contributed by atoms with Crippen LogP contribution in [0, 0.1) is 17.2 Å². The molecule has 160 valence electrons. The summed E-state index contributed by atoms with van der Waals surface area (Å²) in [5.41, 5.74) is 0.0330. The minimum atomic E-state index is -0.522. The van der Waals surface area contributed by atoms with E-state index in [9.17, 15) is 9.59 Å². The van der Waals surface area contributed by atoms with Gasteiger partial charge in [-0.25, -0.2) is 9.78 Å². The zero-order valence-corrected chi connectivity index (χ0v) is 17.8. The first-order valence-corrected chi connectivity index (χ1v) is 10.7. The molecular formula is C22H29N5O3. The Balaban J connectivity index is 1.29. The fourth-order valence-corrected chi connectivity index (χ4v) is 4.73. The molecule has 4 rings (SSSR count). The van der Waals surface area contributed by atoms with Crippen LogP contribution in [-0.4, -0.2) is 58.7 Å². The number of rotatable bonds is 3. The Bertz CT molecular complexity index is 837. The lowest BCUT2D eigenvalue weighted by atomic mass is 9.79. The first-order valence-electron chi connectivity index (χ1n) is 10.7. The number of carbonyl (C=O) groups is 2. The first kappa shape index (κ1) is 20.5. The number of carbonyl (C=O) groups excluding carboxylic acids is 2. The molecule has 3 aliphatic rings. The Labute approximate surface area is 177 Å². The van der Waals surface area contributed by atoms with E-state index in [0.717, 1.165) is 18.7 Å². The maximum Gasteiger partial charge on any atom is 0.407 e. The van der Waals surface area contributed by atoms with Crippen LogP contribution in [0.25, 0.3) is 0 Å². The lowest BCUT2D eigenvalue weighted by molar-refractivity contribution is -0.140. The summed E-state index contributed by atoms with van der Waals surface area (Å²) in [4.78, 5) is 33.7. The molecule has 30 heavy (non-hydrogen) atoms. The number of aromatic nitrogens is 1. The molecule has 0 radical (unpaired) electrons. The van der Waals surface area contributed by atoms with Crippen LogP contribution in [0.4, 0.5) is 10.6 Å². The lowest BCUT2D eigenvalue weighted by Gasteiger charge is -2.45. The number of alkyl carbamates (subject to hydrolysis) is 1. The van der Waals surface area contributed by atoms with Crippen LogP contribution < -0.4 is 10.2 Å². The second-order valence-corrected chi connectivity index (χ2v) is 9.56. The predicted octanol–water partition coefficient (Wildman–Crippen LogP) is 2.44. The number of hydrogen-bond donors (Lipinski definition) is 1. The van der Waals surface area contributed by atoms with Gasteiger partial charge in [-0.2, -0.15) is 5.26 Å². The van der Waals surface area contributed by atoms with E-state index in [1.54, 1.807) is 12.3 Å². The molecule has 1 N–H and O–H groups in total. The van der Waals surface area contributed by atoms with Crippen molar-refractivity contribution in [2.24, 2.45) is 5.92 Å². The average Bonchev–Trinajstić information content (AvgIpc) is 2.91. The van der Waals surface area contributed by atoms with Gasteiger partial charge in [0.1, 0.15) is 17.5 Å². The van der Waals surface area contributed by atoms with Gasteiger partial charge in [0.15, 0.2) is 0 Å². The van der Waals surface area contributed by atoms with Crippen molar-refractivity contribution in [3.8, 4) is 6.07 Å². The summed E-state index contributed by atoms with van der Waals surface area (Å²) in [7, 11) is 0. The number of piperazine rings is 1. The Hall–Kier alpha value is -2.82. The fourth-order valence-electron chi connectivity index (χ4n) is 4.73. The van der Waals surface area contributed by atoms with Gasteiger partial charge in [0.2, 0.25) is 5.91 Å². The van der Waals surface area contributed by atoms with E-state index in [-0.39, 0.29) is 30.0 Å². The van der Waals surface area contributed by atoms with Gasteiger partial charge in [0.05, 0.1) is 5.56 Å². The monoisotopic (exact) mass is 411 g/mol. The molecule has 1 aliphatic carbocycles. The summed E-state index contributed by atoms with van der Waals surface area (Å²) < 4.78 is 5.29. The van der Waals surface area contributed by atoms with E-state index in [0.29, 0.717) is 31.5 Å². The topological polar surface area (TPSA) is 98.6 Å². The van der Waals surface area contributed by atoms with Gasteiger partial charge >= 0.3 is 6.09 Å². The van der Waals surface area contributed by atoms with Crippen LogP contribution in [0.5, 0.6) is 0 Å². The minimum absolute atomic E-state index is 0.00894. The van der Waals surface area contributed by atoms with E-state index in [2.05, 4.69) is 21.3 Å². The normalized spacial score (nSPS) is 27.8. The molecule has 2 aliphatic heterocycles. The molecule has 2 bridgehead atoms. The smallest absolute Gasteiger partial charge is 0.407 e. The summed E-state index contributed by atoms with van der Waals surface area (Å²) in [6.07, 6.45) is 4.63. The van der Waals surface area contributed by atoms with Crippen LogP contribution in [0.15, 0.2) is 18.3 Å². The maximum absolute atomic E-state index is 13.0. The van der Waals surface area contributed by atoms with Crippen molar-refractivity contribution >= 4 is 17.8 Å². The number of ether oxygens (including phenoxy) is 1. The van der Waals surface area contributed by atoms with Crippen LogP contribution in [-0.2, 0) is 9.53 Å². The third-order valence-electron chi connectivity index (χ3n) is 6.14. The van der Waals surface area contributed by atoms with Gasteiger partial charge in [-0.1, -0.05) is 0 Å². The van der Waals surface area contributed by atoms with Crippen molar-refractivity contribution in [2.45, 2.75) is 70.2 Å². The zero-order chi connectivity index (χ0) is 21.5. The summed E-state index contributed by atoms with van der Waals surface area (Å²) in [6, 6.07) is 6.34. The molecular weight excluding hydrogens is 382 g/mol. The van der Waals surface area contributed by atoms with Crippen LogP contribution in [0.2, 0.25) is 0 Å².